The van der Waals surface area contributed by atoms with Crippen LogP contribution in [-0.4, -0.2) is 43.0 Å². The van der Waals surface area contributed by atoms with E-state index in [1.807, 2.05) is 12.4 Å². The minimum atomic E-state index is -0.958. The number of carbonyl (C=O) groups excluding carboxylic acids is 1. The number of thiazole rings is 1. The van der Waals surface area contributed by atoms with Crippen LogP contribution in [0.3, 0.4) is 0 Å². The number of hydrogen-bond acceptors (Lipinski definition) is 5. The predicted octanol–water partition coefficient (Wildman–Crippen LogP) is 1.66. The summed E-state index contributed by atoms with van der Waals surface area (Å²) >= 11 is 1.61. The van der Waals surface area contributed by atoms with Crippen LogP contribution < -0.4 is 0 Å². The molecule has 1 aliphatic rings. The van der Waals surface area contributed by atoms with Crippen molar-refractivity contribution < 1.29 is 14.7 Å². The highest BCUT2D eigenvalue weighted by molar-refractivity contribution is 7.09. The average molecular weight is 348 g/mol. The van der Waals surface area contributed by atoms with Gasteiger partial charge in [0.15, 0.2) is 0 Å². The zero-order chi connectivity index (χ0) is 17.3. The third-order valence-electron chi connectivity index (χ3n) is 4.38. The molecule has 2 aromatic rings. The number of nitrogens with zero attached hydrogens (tertiary/aromatic N) is 4. The van der Waals surface area contributed by atoms with Gasteiger partial charge in [0.25, 0.3) is 0 Å². The number of rotatable bonds is 6. The van der Waals surface area contributed by atoms with Gasteiger partial charge in [0.2, 0.25) is 5.91 Å². The molecule has 1 aliphatic heterocycles. The Hall–Kier alpha value is -2.22. The second-order valence-electron chi connectivity index (χ2n) is 5.91. The Morgan fingerprint density at radius 1 is 1.50 bits per heavy atom. The zero-order valence-corrected chi connectivity index (χ0v) is 14.5. The van der Waals surface area contributed by atoms with Crippen LogP contribution in [0, 0.1) is 5.92 Å². The molecule has 2 atom stereocenters. The summed E-state index contributed by atoms with van der Waals surface area (Å²) in [4.78, 5) is 34.4. The smallest absolute Gasteiger partial charge is 0.309 e. The number of aryl methyl sites for hydroxylation is 2. The lowest BCUT2D eigenvalue weighted by Crippen LogP contribution is -2.34. The maximum Gasteiger partial charge on any atom is 0.309 e. The molecule has 1 amide bonds. The third kappa shape index (κ3) is 3.06. The fourth-order valence-corrected chi connectivity index (χ4v) is 3.90. The molecule has 128 valence electrons. The van der Waals surface area contributed by atoms with E-state index in [2.05, 4.69) is 16.9 Å². The number of aliphatic carboxylic acids is 1. The van der Waals surface area contributed by atoms with Crippen LogP contribution in [0.4, 0.5) is 0 Å². The fraction of sp³-hybridized carbons (Fsp3) is 0.500. The minimum Gasteiger partial charge on any atom is -0.481 e. The lowest BCUT2D eigenvalue weighted by molar-refractivity contribution is -0.142. The summed E-state index contributed by atoms with van der Waals surface area (Å²) in [6.45, 7) is 2.51. The van der Waals surface area contributed by atoms with Gasteiger partial charge in [-0.05, 0) is 6.42 Å². The van der Waals surface area contributed by atoms with E-state index in [1.165, 1.54) is 0 Å². The molecular formula is C16H20N4O3S. The van der Waals surface area contributed by atoms with Crippen LogP contribution >= 0.6 is 11.3 Å². The van der Waals surface area contributed by atoms with Crippen molar-refractivity contribution in [3.63, 3.8) is 0 Å². The summed E-state index contributed by atoms with van der Waals surface area (Å²) in [5.74, 6) is -1.25. The number of carboxylic acid groups (broad SMARTS) is 1. The molecule has 0 radical (unpaired) electrons. The van der Waals surface area contributed by atoms with Gasteiger partial charge in [-0.1, -0.05) is 6.92 Å². The van der Waals surface area contributed by atoms with Gasteiger partial charge in [-0.15, -0.1) is 11.3 Å². The number of aromatic nitrogens is 3. The summed E-state index contributed by atoms with van der Waals surface area (Å²) in [6.07, 6.45) is 4.93. The van der Waals surface area contributed by atoms with E-state index < -0.39 is 17.9 Å². The van der Waals surface area contributed by atoms with Gasteiger partial charge in [0, 0.05) is 44.2 Å². The maximum absolute atomic E-state index is 12.4. The van der Waals surface area contributed by atoms with Crippen molar-refractivity contribution in [3.8, 4) is 0 Å². The van der Waals surface area contributed by atoms with Crippen LogP contribution in [0.5, 0.6) is 0 Å². The predicted molar refractivity (Wildman–Crippen MR) is 88.6 cm³/mol. The molecule has 1 N–H and O–H groups in total. The van der Waals surface area contributed by atoms with Crippen molar-refractivity contribution in [1.29, 1.82) is 0 Å². The molecule has 7 nitrogen and oxygen atoms in total. The Kier molecular flexibility index (Phi) is 4.66. The molecule has 0 unspecified atom stereocenters. The summed E-state index contributed by atoms with van der Waals surface area (Å²) in [5, 5.41) is 12.6. The number of amides is 1. The Morgan fingerprint density at radius 3 is 2.88 bits per heavy atom. The number of likely N-dealkylation sites (tertiary alicyclic amines) is 1. The van der Waals surface area contributed by atoms with Gasteiger partial charge >= 0.3 is 5.97 Å². The lowest BCUT2D eigenvalue weighted by atomic mass is 9.99. The number of carbonyl (C=O) groups is 2. The SMILES string of the molecule is CCc1nc(CCN2C(=O)C[C@H](C(=O)O)[C@H]2c2nccn2C)cs1. The molecular weight excluding hydrogens is 328 g/mol. The van der Waals surface area contributed by atoms with Crippen molar-refractivity contribution >= 4 is 23.2 Å². The maximum atomic E-state index is 12.4. The molecule has 0 spiro atoms. The van der Waals surface area contributed by atoms with Crippen molar-refractivity contribution in [2.24, 2.45) is 13.0 Å². The summed E-state index contributed by atoms with van der Waals surface area (Å²) in [5.41, 5.74) is 0.946. The zero-order valence-electron chi connectivity index (χ0n) is 13.7. The minimum absolute atomic E-state index is 0.0180. The quantitative estimate of drug-likeness (QED) is 0.858. The molecule has 0 aromatic carbocycles. The van der Waals surface area contributed by atoms with Crippen LogP contribution in [0.1, 0.15) is 35.9 Å². The summed E-state index contributed by atoms with van der Waals surface area (Å²) in [6, 6.07) is -0.528. The molecule has 0 bridgehead atoms. The number of carboxylic acids is 1. The second-order valence-corrected chi connectivity index (χ2v) is 6.86. The van der Waals surface area contributed by atoms with Crippen molar-refractivity contribution in [2.75, 3.05) is 6.54 Å². The Labute approximate surface area is 144 Å². The highest BCUT2D eigenvalue weighted by Gasteiger charge is 2.46. The Balaban J connectivity index is 1.82. The molecule has 0 aliphatic carbocycles. The Bertz CT molecular complexity index is 754. The largest absolute Gasteiger partial charge is 0.481 e. The first-order valence-corrected chi connectivity index (χ1v) is 8.82. The topological polar surface area (TPSA) is 88.3 Å². The molecule has 0 saturated carbocycles. The summed E-state index contributed by atoms with van der Waals surface area (Å²) < 4.78 is 1.78. The van der Waals surface area contributed by atoms with Gasteiger partial charge in [0.05, 0.1) is 16.6 Å². The Morgan fingerprint density at radius 2 is 2.29 bits per heavy atom. The second kappa shape index (κ2) is 6.72. The summed E-state index contributed by atoms with van der Waals surface area (Å²) in [7, 11) is 1.82. The average Bonchev–Trinajstić information content (AvgIpc) is 3.24. The molecule has 24 heavy (non-hydrogen) atoms. The lowest BCUT2D eigenvalue weighted by Gasteiger charge is -2.26. The van der Waals surface area contributed by atoms with Crippen LogP contribution in [-0.2, 0) is 29.5 Å². The van der Waals surface area contributed by atoms with Crippen LogP contribution in [0.25, 0.3) is 0 Å². The monoisotopic (exact) mass is 348 g/mol. The van der Waals surface area contributed by atoms with E-state index in [4.69, 9.17) is 0 Å². The molecule has 2 aromatic heterocycles. The van der Waals surface area contributed by atoms with E-state index in [9.17, 15) is 14.7 Å². The molecule has 1 saturated heterocycles. The van der Waals surface area contributed by atoms with Gasteiger partial charge in [-0.3, -0.25) is 9.59 Å². The van der Waals surface area contributed by atoms with Crippen molar-refractivity contribution in [2.45, 2.75) is 32.2 Å². The van der Waals surface area contributed by atoms with Gasteiger partial charge < -0.3 is 14.6 Å². The molecule has 3 rings (SSSR count). The first kappa shape index (κ1) is 16.6. The normalized spacial score (nSPS) is 20.8. The number of hydrogen-bond donors (Lipinski definition) is 1. The van der Waals surface area contributed by atoms with Crippen LogP contribution in [0.15, 0.2) is 17.8 Å². The van der Waals surface area contributed by atoms with Crippen molar-refractivity contribution in [3.05, 3.63) is 34.3 Å². The number of imidazole rings is 1. The molecule has 8 heteroatoms. The van der Waals surface area contributed by atoms with E-state index in [0.29, 0.717) is 18.8 Å². The first-order valence-electron chi connectivity index (χ1n) is 7.94. The molecule has 1 fully saturated rings. The molecule has 3 heterocycles. The standard InChI is InChI=1S/C16H20N4O3S/c1-3-12-18-10(9-24-12)4-6-20-13(21)8-11(16(22)23)14(20)15-17-5-7-19(15)2/h5,7,9,11,14H,3-4,6,8H2,1-2H3,(H,22,23)/t11-,14-/m0/s1. The van der Waals surface area contributed by atoms with Gasteiger partial charge in [0.1, 0.15) is 11.9 Å². The highest BCUT2D eigenvalue weighted by Crippen LogP contribution is 2.37. The van der Waals surface area contributed by atoms with Crippen molar-refractivity contribution in [1.82, 2.24) is 19.4 Å². The van der Waals surface area contributed by atoms with Crippen LogP contribution in [0.2, 0.25) is 0 Å². The van der Waals surface area contributed by atoms with E-state index in [1.54, 1.807) is 33.2 Å². The van der Waals surface area contributed by atoms with Gasteiger partial charge in [-0.25, -0.2) is 9.97 Å². The highest BCUT2D eigenvalue weighted by atomic mass is 32.1. The third-order valence-corrected chi connectivity index (χ3v) is 5.42. The fourth-order valence-electron chi connectivity index (χ4n) is 3.12. The van der Waals surface area contributed by atoms with E-state index >= 15 is 0 Å². The van der Waals surface area contributed by atoms with E-state index in [0.717, 1.165) is 17.1 Å². The first-order chi connectivity index (χ1) is 11.5. The van der Waals surface area contributed by atoms with E-state index in [-0.39, 0.29) is 12.3 Å². The van der Waals surface area contributed by atoms with Gasteiger partial charge in [-0.2, -0.15) is 0 Å².